The molecule has 4 heterocycles. The second-order valence-corrected chi connectivity index (χ2v) is 24.1. The molecule has 4 atom stereocenters. The fraction of sp³-hybridized carbons (Fsp3) is 0.257. The highest BCUT2D eigenvalue weighted by Gasteiger charge is 2.50. The monoisotopic (exact) mass is 1310 g/mol. The van der Waals surface area contributed by atoms with Crippen LogP contribution in [0.4, 0.5) is 10.5 Å². The van der Waals surface area contributed by atoms with Gasteiger partial charge in [0.2, 0.25) is 6.29 Å². The number of benzene rings is 6. The van der Waals surface area contributed by atoms with E-state index >= 15 is 0 Å². The first-order valence-corrected chi connectivity index (χ1v) is 30.2. The highest BCUT2D eigenvalue weighted by atomic mass is 16.7. The average Bonchev–Trinajstić information content (AvgIpc) is 0.708. The number of nitrogens with two attached hydrogens (primary N) is 2. The Bertz CT molecular complexity index is 4670. The van der Waals surface area contributed by atoms with Crippen LogP contribution in [-0.2, 0) is 41.6 Å². The number of Topliss-reactive ketones (excluding diaryl/α,β-unsaturated/α-hetero) is 2. The zero-order valence-corrected chi connectivity index (χ0v) is 54.3. The Morgan fingerprint density at radius 2 is 0.917 bits per heavy atom. The molecule has 0 aliphatic carbocycles. The highest BCUT2D eigenvalue weighted by molar-refractivity contribution is 5.99. The van der Waals surface area contributed by atoms with E-state index in [0.29, 0.717) is 68.8 Å². The molecular formula is C74H76N2O20. The number of fused-ring (bicyclic) bond motifs is 3. The Morgan fingerprint density at radius 1 is 0.521 bits per heavy atom. The second-order valence-electron chi connectivity index (χ2n) is 24.1. The summed E-state index contributed by atoms with van der Waals surface area (Å²) in [6, 6.07) is 32.0. The lowest BCUT2D eigenvalue weighted by Crippen LogP contribution is -2.60. The molecule has 502 valence electrons. The zero-order valence-electron chi connectivity index (χ0n) is 54.3. The number of amides is 1. The molecule has 0 radical (unpaired) electrons. The van der Waals surface area contributed by atoms with Gasteiger partial charge in [0.1, 0.15) is 63.0 Å². The lowest BCUT2D eigenvalue weighted by molar-refractivity contribution is -0.283. The van der Waals surface area contributed by atoms with Gasteiger partial charge in [-0.3, -0.25) is 9.59 Å². The van der Waals surface area contributed by atoms with Gasteiger partial charge in [-0.1, -0.05) is 41.9 Å². The van der Waals surface area contributed by atoms with Gasteiger partial charge in [-0.05, 0) is 201 Å². The number of hydrogen-bond acceptors (Lipinski definition) is 20. The third-order valence-corrected chi connectivity index (χ3v) is 15.5. The number of phenols is 5. The quantitative estimate of drug-likeness (QED) is 0.0246. The lowest BCUT2D eigenvalue weighted by atomic mass is 9.82. The summed E-state index contributed by atoms with van der Waals surface area (Å²) in [6.45, 7) is 17.1. The minimum absolute atomic E-state index is 0.00228. The minimum atomic E-state index is -1.33. The molecule has 0 saturated carbocycles. The van der Waals surface area contributed by atoms with Crippen LogP contribution < -0.4 is 33.1 Å². The van der Waals surface area contributed by atoms with E-state index in [0.717, 1.165) is 16.7 Å². The third-order valence-electron chi connectivity index (χ3n) is 15.5. The maximum atomic E-state index is 13.0. The molecule has 22 nitrogen and oxygen atoms in total. The fourth-order valence-corrected chi connectivity index (χ4v) is 9.79. The molecular weight excluding hydrogens is 1240 g/mol. The Balaban J connectivity index is 0.000000201. The van der Waals surface area contributed by atoms with E-state index in [1.54, 1.807) is 75.4 Å². The molecule has 6 aromatic carbocycles. The number of ether oxygens (including phenoxy) is 3. The average molecular weight is 1310 g/mol. The van der Waals surface area contributed by atoms with Gasteiger partial charge in [-0.15, -0.1) is 0 Å². The second kappa shape index (κ2) is 31.6. The standard InChI is InChI=1S/C31H35NO9.C22H20O5.C12H14O3.C9H7NO3/c1-16(2)6-7-18-12-19(9-11-23(18)33)24(34)14-21-13-20-8-10-22(15-25(20)39-28(21)36)38-29-26(35)27(40-30(32)37)17(3)31(4,5)41-29;1-13(2)3-4-14-9-15(6-8-19(14)24)20(25)11-17-10-16-5-7-18(23)12-21(16)27-22(17)26;1-8(2)3-4-9-7-10(12(14)15)5-6-11(9)13;10-7-3-5-1-2-6(11)4-8(5)13-9(7)12/h6,8-13,15,17,26-27,29,33,35H,7,14H2,1-5H3,(H2,32,37);3,5-10,12,23-24H,4,11H2,1-2H3;3,5-7,13H,4H2,1-2H3,(H,14,15);1-4,11H,10H2/t17-,26+,27+,29?;;;/m1.../s1. The third kappa shape index (κ3) is 19.4. The number of carbonyl (C=O) groups excluding carboxylic acids is 3. The van der Waals surface area contributed by atoms with E-state index in [1.807, 2.05) is 59.8 Å². The molecule has 1 saturated heterocycles. The number of allylic oxidation sites excluding steroid dienone is 6. The molecule has 9 aromatic rings. The maximum Gasteiger partial charge on any atom is 0.404 e. The van der Waals surface area contributed by atoms with Crippen LogP contribution in [0.15, 0.2) is 190 Å². The Morgan fingerprint density at radius 3 is 1.34 bits per heavy atom. The number of carboxylic acids is 1. The Labute approximate surface area is 550 Å². The van der Waals surface area contributed by atoms with E-state index in [4.69, 9.17) is 49.1 Å². The van der Waals surface area contributed by atoms with Gasteiger partial charge in [-0.25, -0.2) is 24.0 Å². The first-order chi connectivity index (χ1) is 45.2. The van der Waals surface area contributed by atoms with Gasteiger partial charge in [0.05, 0.1) is 11.2 Å². The first-order valence-electron chi connectivity index (χ1n) is 30.2. The number of ketones is 2. The van der Waals surface area contributed by atoms with Crippen molar-refractivity contribution >= 4 is 62.2 Å². The predicted molar refractivity (Wildman–Crippen MR) is 361 cm³/mol. The van der Waals surface area contributed by atoms with Crippen LogP contribution in [0.5, 0.6) is 34.5 Å². The SMILES string of the molecule is CC(C)=CCc1cc(C(=O)Cc2cc3ccc(O)cc3oc2=O)ccc1O.CC(C)=CCc1cc(C(=O)Cc2cc3ccc(OC4OC(C)(C)[C@H](C)[C@H](OC(N)=O)[C@@H]4O)cc3oc2=O)ccc1O.CC(C)=CCc1cc(C(=O)O)ccc1O.Nc1cc2ccc(O)cc2oc1=O. The van der Waals surface area contributed by atoms with E-state index in [2.05, 4.69) is 0 Å². The summed E-state index contributed by atoms with van der Waals surface area (Å²) >= 11 is 0. The Hall–Kier alpha value is -11.2. The van der Waals surface area contributed by atoms with E-state index < -0.39 is 53.0 Å². The van der Waals surface area contributed by atoms with Crippen molar-refractivity contribution in [3.05, 3.63) is 238 Å². The van der Waals surface area contributed by atoms with Gasteiger partial charge in [0.15, 0.2) is 17.7 Å². The van der Waals surface area contributed by atoms with Crippen LogP contribution in [0.3, 0.4) is 0 Å². The van der Waals surface area contributed by atoms with Crippen molar-refractivity contribution in [2.24, 2.45) is 11.7 Å². The summed E-state index contributed by atoms with van der Waals surface area (Å²) in [4.78, 5) is 83.7. The van der Waals surface area contributed by atoms with E-state index in [1.165, 1.54) is 72.8 Å². The number of aliphatic hydroxyl groups is 1. The summed E-state index contributed by atoms with van der Waals surface area (Å²) in [5, 5.41) is 69.7. The van der Waals surface area contributed by atoms with Crippen LogP contribution in [0, 0.1) is 5.92 Å². The molecule has 1 aliphatic heterocycles. The van der Waals surface area contributed by atoms with Crippen LogP contribution in [0.1, 0.15) is 121 Å². The number of primary amides is 1. The number of rotatable bonds is 16. The number of carbonyl (C=O) groups is 4. The number of phenolic OH excluding ortho intramolecular Hbond substituents is 5. The maximum absolute atomic E-state index is 13.0. The van der Waals surface area contributed by atoms with Crippen molar-refractivity contribution in [1.29, 1.82) is 0 Å². The van der Waals surface area contributed by atoms with Crippen molar-refractivity contribution in [2.75, 3.05) is 5.73 Å². The highest BCUT2D eigenvalue weighted by Crippen LogP contribution is 2.37. The molecule has 11 N–H and O–H groups in total. The van der Waals surface area contributed by atoms with Gasteiger partial charge in [-0.2, -0.15) is 0 Å². The van der Waals surface area contributed by atoms with Gasteiger partial charge >= 0.3 is 28.9 Å². The van der Waals surface area contributed by atoms with Crippen molar-refractivity contribution in [3.8, 4) is 34.5 Å². The number of anilines is 1. The predicted octanol–water partition coefficient (Wildman–Crippen LogP) is 12.2. The van der Waals surface area contributed by atoms with Crippen LogP contribution in [0.25, 0.3) is 32.9 Å². The largest absolute Gasteiger partial charge is 0.508 e. The summed E-state index contributed by atoms with van der Waals surface area (Å²) in [7, 11) is 0. The normalized spacial score (nSPS) is 15.2. The van der Waals surface area contributed by atoms with Gasteiger partial charge in [0.25, 0.3) is 0 Å². The van der Waals surface area contributed by atoms with Gasteiger partial charge in [0, 0.05) is 75.4 Å². The van der Waals surface area contributed by atoms with Crippen molar-refractivity contribution in [3.63, 3.8) is 0 Å². The molecule has 3 aromatic heterocycles. The number of aromatic carboxylic acids is 1. The van der Waals surface area contributed by atoms with E-state index in [9.17, 15) is 59.1 Å². The Kier molecular flexibility index (Phi) is 23.8. The molecule has 10 rings (SSSR count). The zero-order chi connectivity index (χ0) is 70.5. The number of nitrogen functional groups attached to an aromatic ring is 1. The number of carboxylic acid groups (broad SMARTS) is 1. The molecule has 0 spiro atoms. The summed E-state index contributed by atoms with van der Waals surface area (Å²) in [5.74, 6) is -1.22. The number of aliphatic hydroxyl groups excluding tert-OH is 1. The number of aromatic hydroxyl groups is 5. The van der Waals surface area contributed by atoms with Crippen molar-refractivity contribution < 1.29 is 82.4 Å². The lowest BCUT2D eigenvalue weighted by Gasteiger charge is -2.47. The van der Waals surface area contributed by atoms with E-state index in [-0.39, 0.29) is 98.4 Å². The minimum Gasteiger partial charge on any atom is -0.508 e. The van der Waals surface area contributed by atoms with Gasteiger partial charge < -0.3 is 74.7 Å². The smallest absolute Gasteiger partial charge is 0.404 e. The fourth-order valence-electron chi connectivity index (χ4n) is 9.79. The van der Waals surface area contributed by atoms with Crippen LogP contribution >= 0.6 is 0 Å². The molecule has 1 aliphatic rings. The molecule has 1 unspecified atom stereocenters. The summed E-state index contributed by atoms with van der Waals surface area (Å²) < 4.78 is 32.5. The van der Waals surface area contributed by atoms with Crippen molar-refractivity contribution in [1.82, 2.24) is 0 Å². The van der Waals surface area contributed by atoms with Crippen molar-refractivity contribution in [2.45, 2.75) is 119 Å². The molecule has 1 amide bonds. The summed E-state index contributed by atoms with van der Waals surface area (Å²) in [6.07, 6.45) is 2.63. The first kappa shape index (κ1) is 72.2. The topological polar surface area (TPSA) is 380 Å². The molecule has 1 fully saturated rings. The van der Waals surface area contributed by atoms with Crippen LogP contribution in [0.2, 0.25) is 0 Å². The van der Waals surface area contributed by atoms with Crippen LogP contribution in [-0.4, -0.2) is 83.5 Å². The molecule has 22 heteroatoms. The summed E-state index contributed by atoms with van der Waals surface area (Å²) in [5.41, 5.74) is 15.4. The molecule has 96 heavy (non-hydrogen) atoms. The molecule has 0 bridgehead atoms. The number of hydrogen-bond donors (Lipinski definition) is 9.